The second-order valence-corrected chi connectivity index (χ2v) is 13.1. The van der Waals surface area contributed by atoms with Crippen LogP contribution in [0, 0.1) is 17.8 Å². The van der Waals surface area contributed by atoms with Crippen LogP contribution in [-0.4, -0.2) is 36.8 Å². The maximum Gasteiger partial charge on any atom is 0.242 e. The van der Waals surface area contributed by atoms with E-state index >= 15 is 0 Å². The highest BCUT2D eigenvalue weighted by Crippen LogP contribution is 2.41. The molecule has 7 nitrogen and oxygen atoms in total. The first-order valence-corrected chi connectivity index (χ1v) is 16.3. The van der Waals surface area contributed by atoms with Crippen molar-refractivity contribution in [3.63, 3.8) is 0 Å². The van der Waals surface area contributed by atoms with Crippen molar-refractivity contribution in [3.8, 4) is 22.5 Å². The Morgan fingerprint density at radius 3 is 1.95 bits per heavy atom. The normalized spacial score (nSPS) is 22.4. The molecule has 0 radical (unpaired) electrons. The molecule has 0 aromatic carbocycles. The standard InChI is InChI=1S/C17H19F2N3.C17H20FN3O/c18-15-5-4-12-14-10-20-11-22(14)13(16(12)21-15)6-9-17(19)7-2-1-3-8-17;18-16-7-6-12-14-9-19-10-21(14)13(17(12)20-16)8-15(22)11-4-2-1-3-5-11/h4-5,10-11,13H,1-3,6-9H2;6-7,9-11,13,15,22H,1-5,8H2/p+2. The van der Waals surface area contributed by atoms with Gasteiger partial charge in [-0.1, -0.05) is 38.5 Å². The zero-order valence-electron chi connectivity index (χ0n) is 25.0. The molecule has 2 aliphatic carbocycles. The van der Waals surface area contributed by atoms with Gasteiger partial charge in [-0.25, -0.2) is 33.5 Å². The first-order valence-electron chi connectivity index (χ1n) is 16.3. The Labute approximate surface area is 255 Å². The van der Waals surface area contributed by atoms with E-state index in [1.165, 1.54) is 31.4 Å². The van der Waals surface area contributed by atoms with Crippen molar-refractivity contribution in [3.05, 3.63) is 72.6 Å². The number of aliphatic hydroxyl groups excluding tert-OH is 1. The van der Waals surface area contributed by atoms with Crippen molar-refractivity contribution in [2.75, 3.05) is 0 Å². The third kappa shape index (κ3) is 5.57. The topological polar surface area (TPSA) is 85.3 Å². The van der Waals surface area contributed by atoms with E-state index in [1.54, 1.807) is 12.1 Å². The van der Waals surface area contributed by atoms with Crippen LogP contribution in [0.25, 0.3) is 22.5 Å². The molecular formula is C34H41F3N6O+2. The minimum absolute atomic E-state index is 0.0681. The summed E-state index contributed by atoms with van der Waals surface area (Å²) in [7, 11) is 0. The second-order valence-electron chi connectivity index (χ2n) is 13.1. The summed E-state index contributed by atoms with van der Waals surface area (Å²) < 4.78 is 46.1. The summed E-state index contributed by atoms with van der Waals surface area (Å²) in [6.45, 7) is 0. The van der Waals surface area contributed by atoms with E-state index < -0.39 is 17.6 Å². The molecule has 2 saturated carbocycles. The van der Waals surface area contributed by atoms with Gasteiger partial charge in [0.1, 0.15) is 41.5 Å². The first kappa shape index (κ1) is 29.2. The number of aliphatic hydroxyl groups is 1. The predicted octanol–water partition coefficient (Wildman–Crippen LogP) is 6.60. The number of nitrogens with one attached hydrogen (secondary N) is 2. The predicted molar refractivity (Wildman–Crippen MR) is 158 cm³/mol. The molecule has 2 fully saturated rings. The molecular weight excluding hydrogens is 565 g/mol. The van der Waals surface area contributed by atoms with Crippen molar-refractivity contribution in [2.24, 2.45) is 5.92 Å². The molecule has 232 valence electrons. The number of hydrogen-bond acceptors (Lipinski definition) is 3. The molecule has 4 aromatic rings. The van der Waals surface area contributed by atoms with Gasteiger partial charge < -0.3 is 5.11 Å². The third-order valence-corrected chi connectivity index (χ3v) is 10.3. The summed E-state index contributed by atoms with van der Waals surface area (Å²) in [5.41, 5.74) is 4.37. The number of aromatic amines is 2. The van der Waals surface area contributed by atoms with Crippen LogP contribution < -0.4 is 9.13 Å². The molecule has 44 heavy (non-hydrogen) atoms. The molecule has 0 amide bonds. The third-order valence-electron chi connectivity index (χ3n) is 10.3. The second kappa shape index (κ2) is 12.1. The van der Waals surface area contributed by atoms with Gasteiger partial charge in [-0.05, 0) is 68.7 Å². The average molecular weight is 607 g/mol. The molecule has 10 heteroatoms. The van der Waals surface area contributed by atoms with Gasteiger partial charge in [-0.15, -0.1) is 0 Å². The Kier molecular flexibility index (Phi) is 8.03. The summed E-state index contributed by atoms with van der Waals surface area (Å²) in [5.74, 6) is -0.550. The van der Waals surface area contributed by atoms with Crippen LogP contribution in [0.5, 0.6) is 0 Å². The number of nitrogens with zero attached hydrogens (tertiary/aromatic N) is 4. The van der Waals surface area contributed by atoms with E-state index in [0.29, 0.717) is 38.0 Å². The number of hydrogen-bond donors (Lipinski definition) is 3. The Morgan fingerprint density at radius 2 is 1.34 bits per heavy atom. The minimum atomic E-state index is -1.05. The lowest BCUT2D eigenvalue weighted by atomic mass is 9.82. The highest BCUT2D eigenvalue weighted by Gasteiger charge is 2.40. The van der Waals surface area contributed by atoms with Crippen LogP contribution in [0.2, 0.25) is 0 Å². The van der Waals surface area contributed by atoms with Crippen molar-refractivity contribution in [1.82, 2.24) is 19.9 Å². The number of fused-ring (bicyclic) bond motifs is 6. The van der Waals surface area contributed by atoms with Crippen LogP contribution in [0.4, 0.5) is 13.2 Å². The van der Waals surface area contributed by atoms with Gasteiger partial charge in [0.25, 0.3) is 0 Å². The van der Waals surface area contributed by atoms with E-state index in [-0.39, 0.29) is 18.2 Å². The zero-order chi connectivity index (χ0) is 30.3. The molecule has 8 rings (SSSR count). The Hall–Kier alpha value is -3.53. The number of alkyl halides is 1. The lowest BCUT2D eigenvalue weighted by Crippen LogP contribution is -2.39. The van der Waals surface area contributed by atoms with Gasteiger partial charge >= 0.3 is 0 Å². The molecule has 0 spiro atoms. The fourth-order valence-electron chi connectivity index (χ4n) is 8.01. The lowest BCUT2D eigenvalue weighted by molar-refractivity contribution is -0.699. The minimum Gasteiger partial charge on any atom is -0.393 e. The van der Waals surface area contributed by atoms with Gasteiger partial charge in [-0.3, -0.25) is 0 Å². The number of imidazole rings is 2. The van der Waals surface area contributed by atoms with E-state index in [2.05, 4.69) is 29.1 Å². The molecule has 3 atom stereocenters. The van der Waals surface area contributed by atoms with E-state index in [9.17, 15) is 18.3 Å². The number of H-pyrrole nitrogens is 2. The van der Waals surface area contributed by atoms with Gasteiger partial charge in [0.2, 0.25) is 24.6 Å². The van der Waals surface area contributed by atoms with Crippen molar-refractivity contribution < 1.29 is 27.4 Å². The fraction of sp³-hybridized carbons (Fsp3) is 0.529. The van der Waals surface area contributed by atoms with Crippen molar-refractivity contribution in [2.45, 2.75) is 107 Å². The smallest absolute Gasteiger partial charge is 0.242 e. The first-order chi connectivity index (χ1) is 21.4. The van der Waals surface area contributed by atoms with Crippen molar-refractivity contribution in [1.29, 1.82) is 0 Å². The van der Waals surface area contributed by atoms with Crippen LogP contribution >= 0.6 is 0 Å². The molecule has 6 heterocycles. The largest absolute Gasteiger partial charge is 0.393 e. The lowest BCUT2D eigenvalue weighted by Gasteiger charge is -2.30. The number of rotatable bonds is 6. The summed E-state index contributed by atoms with van der Waals surface area (Å²) in [6, 6.07) is 6.19. The Morgan fingerprint density at radius 1 is 0.795 bits per heavy atom. The van der Waals surface area contributed by atoms with Gasteiger partial charge in [0, 0.05) is 6.42 Å². The summed E-state index contributed by atoms with van der Waals surface area (Å²) >= 11 is 0. The highest BCUT2D eigenvalue weighted by molar-refractivity contribution is 5.62. The highest BCUT2D eigenvalue weighted by atomic mass is 19.1. The summed E-state index contributed by atoms with van der Waals surface area (Å²) in [4.78, 5) is 14.4. The van der Waals surface area contributed by atoms with Crippen molar-refractivity contribution >= 4 is 0 Å². The quantitative estimate of drug-likeness (QED) is 0.171. The number of halogens is 3. The molecule has 4 aliphatic rings. The van der Waals surface area contributed by atoms with E-state index in [1.807, 2.05) is 25.0 Å². The number of pyridine rings is 2. The summed E-state index contributed by atoms with van der Waals surface area (Å²) in [5, 5.41) is 10.6. The number of aromatic nitrogens is 6. The molecule has 4 aromatic heterocycles. The molecule has 3 N–H and O–H groups in total. The van der Waals surface area contributed by atoms with Crippen LogP contribution in [0.3, 0.4) is 0 Å². The monoisotopic (exact) mass is 606 g/mol. The molecule has 2 aliphatic heterocycles. The maximum absolute atomic E-state index is 14.9. The molecule has 3 unspecified atom stereocenters. The summed E-state index contributed by atoms with van der Waals surface area (Å²) in [6.07, 6.45) is 19.3. The maximum atomic E-state index is 14.9. The van der Waals surface area contributed by atoms with Gasteiger partial charge in [-0.2, -0.15) is 8.78 Å². The van der Waals surface area contributed by atoms with Crippen LogP contribution in [0.1, 0.15) is 107 Å². The van der Waals surface area contributed by atoms with Crippen LogP contribution in [-0.2, 0) is 0 Å². The van der Waals surface area contributed by atoms with Crippen LogP contribution in [0.15, 0.2) is 49.3 Å². The van der Waals surface area contributed by atoms with E-state index in [0.717, 1.165) is 66.0 Å². The Balaban J connectivity index is 0.000000142. The fourth-order valence-corrected chi connectivity index (χ4v) is 8.01. The zero-order valence-corrected chi connectivity index (χ0v) is 25.0. The van der Waals surface area contributed by atoms with Gasteiger partial charge in [0.15, 0.2) is 11.4 Å². The molecule has 0 bridgehead atoms. The SMILES string of the molecule is Fc1ccc2c(n1)C(CCC1(F)CCCCC1)[n+]1c[nH]cc1-2.OC(CC1c2nc(F)ccc2-c2c[nH]c[n+]21)C1CCCCC1. The van der Waals surface area contributed by atoms with Gasteiger partial charge in [0.05, 0.1) is 17.2 Å². The Bertz CT molecular complexity index is 1610. The average Bonchev–Trinajstić information content (AvgIpc) is 3.81. The molecule has 0 saturated heterocycles. The van der Waals surface area contributed by atoms with E-state index in [4.69, 9.17) is 0 Å².